The van der Waals surface area contributed by atoms with Crippen molar-refractivity contribution in [3.05, 3.63) is 41.0 Å². The summed E-state index contributed by atoms with van der Waals surface area (Å²) >= 11 is 7.59. The van der Waals surface area contributed by atoms with E-state index >= 15 is 0 Å². The van der Waals surface area contributed by atoms with Crippen LogP contribution < -0.4 is 11.3 Å². The average molecular weight is 267 g/mol. The number of nitrogens with two attached hydrogens (primary N) is 1. The molecule has 1 heterocycles. The van der Waals surface area contributed by atoms with Gasteiger partial charge in [0.05, 0.1) is 5.02 Å². The van der Waals surface area contributed by atoms with Crippen LogP contribution in [0.15, 0.2) is 40.4 Å². The molecule has 0 spiro atoms. The Balaban J connectivity index is 2.32. The molecule has 0 atom stereocenters. The van der Waals surface area contributed by atoms with Crippen molar-refractivity contribution in [2.75, 3.05) is 5.43 Å². The van der Waals surface area contributed by atoms with Gasteiger partial charge in [-0.25, -0.2) is 15.8 Å². The molecule has 0 fully saturated rings. The Morgan fingerprint density at radius 3 is 2.82 bits per heavy atom. The number of hydrogen-bond acceptors (Lipinski definition) is 5. The molecule has 0 aliphatic heterocycles. The molecule has 0 unspecified atom stereocenters. The number of nitrogens with one attached hydrogen (secondary N) is 1. The molecule has 0 saturated heterocycles. The van der Waals surface area contributed by atoms with E-state index in [9.17, 15) is 0 Å². The van der Waals surface area contributed by atoms with E-state index in [-0.39, 0.29) is 0 Å². The number of hydrazine groups is 1. The minimum absolute atomic E-state index is 0.394. The zero-order valence-corrected chi connectivity index (χ0v) is 10.7. The smallest absolute Gasteiger partial charge is 0.238 e. The first-order valence-corrected chi connectivity index (χ1v) is 6.13. The fourth-order valence-corrected chi connectivity index (χ4v) is 2.35. The number of aromatic nitrogens is 2. The van der Waals surface area contributed by atoms with Crippen molar-refractivity contribution in [2.45, 2.75) is 16.8 Å². The maximum absolute atomic E-state index is 6.10. The Hall–Kier alpha value is -1.30. The van der Waals surface area contributed by atoms with Gasteiger partial charge >= 0.3 is 0 Å². The highest BCUT2D eigenvalue weighted by atomic mass is 35.5. The fourth-order valence-electron chi connectivity index (χ4n) is 1.23. The summed E-state index contributed by atoms with van der Waals surface area (Å²) in [6.45, 7) is 1.94. The van der Waals surface area contributed by atoms with Gasteiger partial charge in [-0.3, -0.25) is 5.43 Å². The highest BCUT2D eigenvalue weighted by Gasteiger charge is 2.07. The zero-order valence-electron chi connectivity index (χ0n) is 9.14. The number of rotatable bonds is 3. The van der Waals surface area contributed by atoms with E-state index < -0.39 is 0 Å². The third-order valence-electron chi connectivity index (χ3n) is 2.10. The van der Waals surface area contributed by atoms with E-state index in [1.165, 1.54) is 11.8 Å². The second-order valence-corrected chi connectivity index (χ2v) is 4.80. The number of benzene rings is 1. The summed E-state index contributed by atoms with van der Waals surface area (Å²) in [7, 11) is 0. The molecule has 0 aliphatic carbocycles. The standard InChI is InChI=1S/C11H11ClN4S/c1-7-6-14-11(16-13)15-10(7)17-9-5-3-2-4-8(9)12/h2-6H,13H2,1H3,(H,14,15,16). The molecule has 0 amide bonds. The lowest BCUT2D eigenvalue weighted by Gasteiger charge is -2.07. The molecule has 0 bridgehead atoms. The second-order valence-electron chi connectivity index (χ2n) is 3.36. The van der Waals surface area contributed by atoms with E-state index in [0.29, 0.717) is 11.0 Å². The van der Waals surface area contributed by atoms with Gasteiger partial charge in [0.2, 0.25) is 5.95 Å². The topological polar surface area (TPSA) is 63.8 Å². The van der Waals surface area contributed by atoms with Crippen LogP contribution in [0.2, 0.25) is 5.02 Å². The van der Waals surface area contributed by atoms with E-state index in [1.54, 1.807) is 6.20 Å². The Morgan fingerprint density at radius 2 is 2.12 bits per heavy atom. The van der Waals surface area contributed by atoms with Gasteiger partial charge in [-0.15, -0.1) is 0 Å². The first kappa shape index (κ1) is 12.2. The van der Waals surface area contributed by atoms with E-state index in [4.69, 9.17) is 17.4 Å². The van der Waals surface area contributed by atoms with Crippen LogP contribution in [0.5, 0.6) is 0 Å². The molecule has 0 aliphatic rings. The van der Waals surface area contributed by atoms with Crippen LogP contribution in [0, 0.1) is 6.92 Å². The monoisotopic (exact) mass is 266 g/mol. The van der Waals surface area contributed by atoms with Crippen molar-refractivity contribution >= 4 is 29.3 Å². The summed E-state index contributed by atoms with van der Waals surface area (Å²) in [6, 6.07) is 7.63. The number of aryl methyl sites for hydroxylation is 1. The second kappa shape index (κ2) is 5.35. The molecular formula is C11H11ClN4S. The summed E-state index contributed by atoms with van der Waals surface area (Å²) in [5.41, 5.74) is 3.41. The predicted octanol–water partition coefficient (Wildman–Crippen LogP) is 2.88. The van der Waals surface area contributed by atoms with Gasteiger partial charge in [0.15, 0.2) is 0 Å². The molecule has 17 heavy (non-hydrogen) atoms. The quantitative estimate of drug-likeness (QED) is 0.508. The SMILES string of the molecule is Cc1cnc(NN)nc1Sc1ccccc1Cl. The molecule has 3 N–H and O–H groups in total. The van der Waals surface area contributed by atoms with Gasteiger partial charge in [-0.1, -0.05) is 35.5 Å². The third-order valence-corrected chi connectivity index (χ3v) is 3.72. The minimum Gasteiger partial charge on any atom is -0.292 e. The van der Waals surface area contributed by atoms with Crippen LogP contribution in [-0.2, 0) is 0 Å². The van der Waals surface area contributed by atoms with Crippen LogP contribution in [0.25, 0.3) is 0 Å². The molecule has 1 aromatic carbocycles. The van der Waals surface area contributed by atoms with E-state index in [2.05, 4.69) is 15.4 Å². The highest BCUT2D eigenvalue weighted by Crippen LogP contribution is 2.33. The Bertz CT molecular complexity index is 533. The number of hydrogen-bond donors (Lipinski definition) is 2. The van der Waals surface area contributed by atoms with Crippen molar-refractivity contribution in [1.29, 1.82) is 0 Å². The Kier molecular flexibility index (Phi) is 3.83. The van der Waals surface area contributed by atoms with Crippen molar-refractivity contribution < 1.29 is 0 Å². The molecule has 4 nitrogen and oxygen atoms in total. The van der Waals surface area contributed by atoms with Crippen LogP contribution in [0.3, 0.4) is 0 Å². The Labute approximate surface area is 109 Å². The van der Waals surface area contributed by atoms with Gasteiger partial charge in [0.25, 0.3) is 0 Å². The summed E-state index contributed by atoms with van der Waals surface area (Å²) < 4.78 is 0. The van der Waals surface area contributed by atoms with E-state index in [1.807, 2.05) is 31.2 Å². The lowest BCUT2D eigenvalue weighted by Crippen LogP contribution is -2.10. The molecule has 0 radical (unpaired) electrons. The van der Waals surface area contributed by atoms with E-state index in [0.717, 1.165) is 15.5 Å². The summed E-state index contributed by atoms with van der Waals surface area (Å²) in [6.07, 6.45) is 1.72. The first-order valence-electron chi connectivity index (χ1n) is 4.93. The third kappa shape index (κ3) is 2.88. The number of nitrogens with zero attached hydrogens (tertiary/aromatic N) is 2. The first-order chi connectivity index (χ1) is 8.20. The molecular weight excluding hydrogens is 256 g/mol. The largest absolute Gasteiger partial charge is 0.292 e. The maximum atomic E-state index is 6.10. The summed E-state index contributed by atoms with van der Waals surface area (Å²) in [4.78, 5) is 9.27. The lowest BCUT2D eigenvalue weighted by molar-refractivity contribution is 0.992. The van der Waals surface area contributed by atoms with Gasteiger partial charge in [-0.05, 0) is 19.1 Å². The molecule has 6 heteroatoms. The lowest BCUT2D eigenvalue weighted by atomic mass is 10.4. The zero-order chi connectivity index (χ0) is 12.3. The van der Waals surface area contributed by atoms with Gasteiger partial charge in [0, 0.05) is 16.7 Å². The predicted molar refractivity (Wildman–Crippen MR) is 70.2 cm³/mol. The number of anilines is 1. The molecule has 88 valence electrons. The van der Waals surface area contributed by atoms with Crippen molar-refractivity contribution in [1.82, 2.24) is 9.97 Å². The number of halogens is 1. The van der Waals surface area contributed by atoms with Crippen LogP contribution in [0.1, 0.15) is 5.56 Å². The van der Waals surface area contributed by atoms with Crippen molar-refractivity contribution in [2.24, 2.45) is 5.84 Å². The Morgan fingerprint density at radius 1 is 1.35 bits per heavy atom. The van der Waals surface area contributed by atoms with Gasteiger partial charge < -0.3 is 0 Å². The van der Waals surface area contributed by atoms with Gasteiger partial charge in [-0.2, -0.15) is 0 Å². The minimum atomic E-state index is 0.394. The highest BCUT2D eigenvalue weighted by molar-refractivity contribution is 7.99. The molecule has 1 aromatic heterocycles. The molecule has 2 rings (SSSR count). The summed E-state index contributed by atoms with van der Waals surface area (Å²) in [5.74, 6) is 5.68. The van der Waals surface area contributed by atoms with Crippen LogP contribution >= 0.6 is 23.4 Å². The summed E-state index contributed by atoms with van der Waals surface area (Å²) in [5, 5.41) is 1.54. The maximum Gasteiger partial charge on any atom is 0.238 e. The van der Waals surface area contributed by atoms with Crippen LogP contribution in [0.4, 0.5) is 5.95 Å². The number of nitrogen functional groups attached to an aromatic ring is 1. The van der Waals surface area contributed by atoms with Gasteiger partial charge in [0.1, 0.15) is 5.03 Å². The molecule has 0 saturated carbocycles. The van der Waals surface area contributed by atoms with Crippen molar-refractivity contribution in [3.63, 3.8) is 0 Å². The molecule has 2 aromatic rings. The van der Waals surface area contributed by atoms with Crippen molar-refractivity contribution in [3.8, 4) is 0 Å². The average Bonchev–Trinajstić information content (AvgIpc) is 2.35. The fraction of sp³-hybridized carbons (Fsp3) is 0.0909. The normalized spacial score (nSPS) is 10.3. The van der Waals surface area contributed by atoms with Crippen LogP contribution in [-0.4, -0.2) is 9.97 Å².